The van der Waals surface area contributed by atoms with Crippen molar-refractivity contribution in [2.45, 2.75) is 25.4 Å². The van der Waals surface area contributed by atoms with Crippen LogP contribution in [0, 0.1) is 3.57 Å². The number of hydrogen-bond donors (Lipinski definition) is 1. The minimum Gasteiger partial charge on any atom is -0.365 e. The van der Waals surface area contributed by atoms with Crippen molar-refractivity contribution in [3.8, 4) is 0 Å². The molecule has 1 aliphatic rings. The first-order valence-electron chi connectivity index (χ1n) is 7.42. The molecule has 3 heteroatoms. The number of hydrogen-bond acceptors (Lipinski definition) is 2. The molecule has 2 unspecified atom stereocenters. The monoisotopic (exact) mass is 392 g/mol. The van der Waals surface area contributed by atoms with Gasteiger partial charge in [0, 0.05) is 22.7 Å². The van der Waals surface area contributed by atoms with Gasteiger partial charge in [-0.2, -0.15) is 0 Å². The van der Waals surface area contributed by atoms with Crippen molar-refractivity contribution in [3.05, 3.63) is 63.7 Å². The molecule has 2 nitrogen and oxygen atoms in total. The zero-order valence-corrected chi connectivity index (χ0v) is 14.7. The fraction of sp³-hybridized carbons (Fsp3) is 0.333. The lowest BCUT2D eigenvalue weighted by Crippen LogP contribution is -2.60. The van der Waals surface area contributed by atoms with E-state index in [2.05, 4.69) is 101 Å². The largest absolute Gasteiger partial charge is 0.365 e. The molecule has 3 rings (SSSR count). The summed E-state index contributed by atoms with van der Waals surface area (Å²) in [5.74, 6) is 0. The van der Waals surface area contributed by atoms with Crippen LogP contribution < -0.4 is 10.2 Å². The fourth-order valence-electron chi connectivity index (χ4n) is 3.04. The van der Waals surface area contributed by atoms with Gasteiger partial charge in [-0.3, -0.25) is 0 Å². The number of nitrogens with one attached hydrogen (secondary N) is 1. The van der Waals surface area contributed by atoms with Gasteiger partial charge in [-0.1, -0.05) is 42.5 Å². The van der Waals surface area contributed by atoms with Gasteiger partial charge in [0.2, 0.25) is 0 Å². The lowest BCUT2D eigenvalue weighted by atomic mass is 9.88. The van der Waals surface area contributed by atoms with E-state index in [0.29, 0.717) is 6.04 Å². The molecule has 110 valence electrons. The minimum atomic E-state index is -0.00725. The van der Waals surface area contributed by atoms with Crippen molar-refractivity contribution in [2.75, 3.05) is 18.0 Å². The van der Waals surface area contributed by atoms with Crippen LogP contribution in [0.25, 0.3) is 0 Å². The zero-order chi connectivity index (χ0) is 14.9. The van der Waals surface area contributed by atoms with Crippen molar-refractivity contribution in [3.63, 3.8) is 0 Å². The normalized spacial score (nSPS) is 25.9. The van der Waals surface area contributed by atoms with Gasteiger partial charge in [-0.05, 0) is 54.1 Å². The molecular formula is C18H21IN2. The first kappa shape index (κ1) is 14.9. The van der Waals surface area contributed by atoms with E-state index in [9.17, 15) is 0 Å². The zero-order valence-electron chi connectivity index (χ0n) is 12.5. The molecule has 0 radical (unpaired) electrons. The molecule has 0 bridgehead atoms. The van der Waals surface area contributed by atoms with Gasteiger partial charge in [0.1, 0.15) is 0 Å². The highest BCUT2D eigenvalue weighted by atomic mass is 127. The van der Waals surface area contributed by atoms with E-state index in [1.165, 1.54) is 14.8 Å². The van der Waals surface area contributed by atoms with Crippen LogP contribution in [-0.2, 0) is 5.54 Å². The van der Waals surface area contributed by atoms with E-state index in [1.807, 2.05) is 0 Å². The van der Waals surface area contributed by atoms with Gasteiger partial charge in [-0.15, -0.1) is 0 Å². The van der Waals surface area contributed by atoms with Crippen LogP contribution in [0.15, 0.2) is 54.6 Å². The standard InChI is InChI=1S/C18H21IN2/c1-14-12-20-18(2,15-8-4-3-5-9-15)13-21(14)17-11-7-6-10-16(17)19/h3-11,14,20H,12-13H2,1-2H3. The first-order chi connectivity index (χ1) is 10.1. The summed E-state index contributed by atoms with van der Waals surface area (Å²) in [7, 11) is 0. The van der Waals surface area contributed by atoms with Crippen LogP contribution in [0.4, 0.5) is 5.69 Å². The molecule has 1 saturated heterocycles. The van der Waals surface area contributed by atoms with Crippen molar-refractivity contribution in [1.82, 2.24) is 5.32 Å². The summed E-state index contributed by atoms with van der Waals surface area (Å²) in [5.41, 5.74) is 2.69. The van der Waals surface area contributed by atoms with Gasteiger partial charge >= 0.3 is 0 Å². The average molecular weight is 392 g/mol. The maximum Gasteiger partial charge on any atom is 0.0584 e. The third-order valence-corrected chi connectivity index (χ3v) is 5.29. The second-order valence-corrected chi connectivity index (χ2v) is 7.17. The third kappa shape index (κ3) is 2.94. The molecule has 0 amide bonds. The average Bonchev–Trinajstić information content (AvgIpc) is 2.52. The van der Waals surface area contributed by atoms with Crippen LogP contribution in [0.1, 0.15) is 19.4 Å². The van der Waals surface area contributed by atoms with Crippen molar-refractivity contribution in [2.24, 2.45) is 0 Å². The Kier molecular flexibility index (Phi) is 4.22. The van der Waals surface area contributed by atoms with Crippen molar-refractivity contribution in [1.29, 1.82) is 0 Å². The van der Waals surface area contributed by atoms with Gasteiger partial charge in [0.25, 0.3) is 0 Å². The van der Waals surface area contributed by atoms with Gasteiger partial charge in [0.15, 0.2) is 0 Å². The number of piperazine rings is 1. The maximum absolute atomic E-state index is 3.74. The van der Waals surface area contributed by atoms with E-state index in [1.54, 1.807) is 0 Å². The minimum absolute atomic E-state index is 0.00725. The highest BCUT2D eigenvalue weighted by molar-refractivity contribution is 14.1. The molecule has 2 aromatic rings. The molecule has 0 spiro atoms. The van der Waals surface area contributed by atoms with Gasteiger partial charge < -0.3 is 10.2 Å². The number of nitrogens with zero attached hydrogens (tertiary/aromatic N) is 1. The number of para-hydroxylation sites is 1. The second-order valence-electron chi connectivity index (χ2n) is 6.01. The summed E-state index contributed by atoms with van der Waals surface area (Å²) in [6, 6.07) is 19.9. The Hall–Kier alpha value is -1.07. The summed E-state index contributed by atoms with van der Waals surface area (Å²) in [5, 5.41) is 3.74. The Labute approximate surface area is 140 Å². The van der Waals surface area contributed by atoms with Gasteiger partial charge in [0.05, 0.1) is 11.2 Å². The van der Waals surface area contributed by atoms with E-state index >= 15 is 0 Å². The van der Waals surface area contributed by atoms with Crippen LogP contribution in [0.3, 0.4) is 0 Å². The molecular weight excluding hydrogens is 371 g/mol. The summed E-state index contributed by atoms with van der Waals surface area (Å²) in [4.78, 5) is 2.53. The van der Waals surface area contributed by atoms with Crippen molar-refractivity contribution >= 4 is 28.3 Å². The summed E-state index contributed by atoms with van der Waals surface area (Å²) < 4.78 is 1.32. The Morgan fingerprint density at radius 1 is 1.10 bits per heavy atom. The Morgan fingerprint density at radius 2 is 1.76 bits per heavy atom. The number of halogens is 1. The topological polar surface area (TPSA) is 15.3 Å². The molecule has 1 aliphatic heterocycles. The highest BCUT2D eigenvalue weighted by Gasteiger charge is 2.35. The predicted octanol–water partition coefficient (Wildman–Crippen LogP) is 4.00. The highest BCUT2D eigenvalue weighted by Crippen LogP contribution is 2.32. The number of rotatable bonds is 2. The van der Waals surface area contributed by atoms with Crippen LogP contribution in [0.2, 0.25) is 0 Å². The smallest absolute Gasteiger partial charge is 0.0584 e. The number of benzene rings is 2. The Morgan fingerprint density at radius 3 is 2.48 bits per heavy atom. The SMILES string of the molecule is CC1CNC(C)(c2ccccc2)CN1c1ccccc1I. The van der Waals surface area contributed by atoms with Crippen molar-refractivity contribution < 1.29 is 0 Å². The summed E-state index contributed by atoms with van der Waals surface area (Å²) >= 11 is 2.44. The van der Waals surface area contributed by atoms with Crippen LogP contribution >= 0.6 is 22.6 Å². The molecule has 1 heterocycles. The summed E-state index contributed by atoms with van der Waals surface area (Å²) in [6.45, 7) is 6.58. The maximum atomic E-state index is 3.74. The molecule has 21 heavy (non-hydrogen) atoms. The first-order valence-corrected chi connectivity index (χ1v) is 8.50. The summed E-state index contributed by atoms with van der Waals surface area (Å²) in [6.07, 6.45) is 0. The lowest BCUT2D eigenvalue weighted by Gasteiger charge is -2.47. The predicted molar refractivity (Wildman–Crippen MR) is 97.8 cm³/mol. The molecule has 1 fully saturated rings. The molecule has 0 aromatic heterocycles. The number of anilines is 1. The van der Waals surface area contributed by atoms with Gasteiger partial charge in [-0.25, -0.2) is 0 Å². The fourth-order valence-corrected chi connectivity index (χ4v) is 3.74. The molecule has 0 saturated carbocycles. The lowest BCUT2D eigenvalue weighted by molar-refractivity contribution is 0.299. The molecule has 2 atom stereocenters. The Bertz CT molecular complexity index is 614. The van der Waals surface area contributed by atoms with E-state index in [0.717, 1.165) is 13.1 Å². The quantitative estimate of drug-likeness (QED) is 0.778. The molecule has 2 aromatic carbocycles. The molecule has 1 N–H and O–H groups in total. The van der Waals surface area contributed by atoms with Crippen LogP contribution in [0.5, 0.6) is 0 Å². The Balaban J connectivity index is 1.94. The van der Waals surface area contributed by atoms with Crippen LogP contribution in [-0.4, -0.2) is 19.1 Å². The third-order valence-electron chi connectivity index (χ3n) is 4.38. The van der Waals surface area contributed by atoms with E-state index in [-0.39, 0.29) is 5.54 Å². The second kappa shape index (κ2) is 5.97. The van der Waals surface area contributed by atoms with E-state index < -0.39 is 0 Å². The molecule has 0 aliphatic carbocycles. The van der Waals surface area contributed by atoms with E-state index in [4.69, 9.17) is 0 Å².